The van der Waals surface area contributed by atoms with E-state index in [0.29, 0.717) is 150 Å². The van der Waals surface area contributed by atoms with Gasteiger partial charge in [0.2, 0.25) is 16.0 Å². The largest absolute Gasteiger partial charge is 0.491 e. The minimum absolute atomic E-state index is 0.00662. The first-order valence-electron chi connectivity index (χ1n) is 43.9. The third kappa shape index (κ3) is 29.7. The van der Waals surface area contributed by atoms with Crippen LogP contribution in [-0.2, 0) is 44.9 Å². The van der Waals surface area contributed by atoms with Crippen LogP contribution in [0, 0.1) is 48.2 Å². The molecule has 9 N–H and O–H groups in total. The summed E-state index contributed by atoms with van der Waals surface area (Å²) in [6.07, 6.45) is 8.17. The van der Waals surface area contributed by atoms with Crippen LogP contribution in [0.5, 0.6) is 5.75 Å². The minimum Gasteiger partial charge on any atom is -0.491 e. The number of halogens is 4. The number of β-amino-alcohol motifs (C(OH)–C–C–N with tert-alkyl or cyclic N) is 1. The number of aliphatic hydroxyl groups excluding tert-OH is 1. The lowest BCUT2D eigenvalue weighted by atomic mass is 10.0. The molecule has 7 aromatic carbocycles. The summed E-state index contributed by atoms with van der Waals surface area (Å²) < 4.78 is 138. The van der Waals surface area contributed by atoms with E-state index in [2.05, 4.69) is 122 Å². The zero-order valence-electron chi connectivity index (χ0n) is 76.4. The molecule has 6 aromatic heterocycles. The summed E-state index contributed by atoms with van der Waals surface area (Å²) in [5, 5.41) is 44.7. The van der Waals surface area contributed by atoms with Crippen LogP contribution < -0.4 is 55.5 Å². The van der Waals surface area contributed by atoms with Crippen LogP contribution in [0.4, 0.5) is 87.1 Å². The Kier molecular flexibility index (Phi) is 34.8. The number of aromatic amines is 1. The van der Waals surface area contributed by atoms with Crippen molar-refractivity contribution in [1.82, 2.24) is 45.1 Å². The molecule has 0 aliphatic carbocycles. The molecular formula is C96H106F4N20O14S3. The number of amides is 2. The van der Waals surface area contributed by atoms with E-state index < -0.39 is 43.4 Å². The monoisotopic (exact) mass is 1930 g/mol. The van der Waals surface area contributed by atoms with Crippen molar-refractivity contribution in [2.24, 2.45) is 5.92 Å². The number of nitrogens with zero attached hydrogens (tertiary/aromatic N) is 12. The average Bonchev–Trinajstić information content (AvgIpc) is 1.68. The standard InChI is InChI=1S/C28H34F3N7O3S.C25H27N5O2.C25H30N4O6S.C18H15FN4O3S/c1-16(2)23(26-35-22(15-42-26)25(41)34-19-6-5-17(3)21(13-19)28(29,30)31)36-24(40)20-14-32-27(33-18(20)4)38-9-7-37(8-10-38)11-12-39;26-17-19-4-6-20(7-5-19)24-18-27-25(32-24)28-21-14-22(29-8-2-1-3-9-29)16-23(15-21)30-10-12-31-13-11-30;1-31-8-9-32-10-11-33-12-13-34-23-15-21(14-22(16-23)29-36(2,3)30)28-25-27-18-24(35-25)20-6-4-19(17-26)5-7-20;1-27(24,25)23-14-4-2-3-13(9-14)21-18-20-10-17(26-18)16-8-11-7-12(19)5-6-15(11)22-16/h5-6,13-16,23,39H,7-12H2,1-4H3,(H,34,41)(H,36,40);4-7,14-16,18H,1-3,8-13H2,(H,27,28);4-7,14-16,18H,2,8-13H2,1,3H3,(H,27,28)(H,29,30);2-10,22-23H,1H3,(H,20,21)/t23-;;;/m0.../s1. The van der Waals surface area contributed by atoms with E-state index in [1.165, 1.54) is 91.0 Å². The van der Waals surface area contributed by atoms with Crippen LogP contribution >= 0.6 is 11.3 Å². The molecule has 0 radical (unpaired) electrons. The molecule has 3 aliphatic rings. The van der Waals surface area contributed by atoms with Crippen molar-refractivity contribution in [3.63, 3.8) is 0 Å². The molecule has 3 fully saturated rings. The second-order valence-electron chi connectivity index (χ2n) is 32.5. The topological polar surface area (TPSA) is 429 Å². The maximum absolute atomic E-state index is 13.3. The van der Waals surface area contributed by atoms with E-state index in [4.69, 9.17) is 52.6 Å². The summed E-state index contributed by atoms with van der Waals surface area (Å²) in [5.74, 6) is 4.99. The highest BCUT2D eigenvalue weighted by molar-refractivity contribution is 8.00. The number of benzene rings is 7. The molecule has 34 nitrogen and oxygen atoms in total. The zero-order chi connectivity index (χ0) is 97.2. The summed E-state index contributed by atoms with van der Waals surface area (Å²) in [6.45, 7) is 18.8. The van der Waals surface area contributed by atoms with Gasteiger partial charge in [0.15, 0.2) is 17.3 Å². The van der Waals surface area contributed by atoms with Gasteiger partial charge in [0.05, 0.1) is 141 Å². The Labute approximate surface area is 794 Å². The van der Waals surface area contributed by atoms with Crippen molar-refractivity contribution in [1.29, 1.82) is 10.5 Å². The smallest absolute Gasteiger partial charge is 0.416 e. The fourth-order valence-corrected chi connectivity index (χ4v) is 16.8. The van der Waals surface area contributed by atoms with Gasteiger partial charge < -0.3 is 93.0 Å². The maximum atomic E-state index is 13.3. The van der Waals surface area contributed by atoms with Crippen LogP contribution in [0.25, 0.3) is 45.0 Å². The predicted molar refractivity (Wildman–Crippen MR) is 521 cm³/mol. The quantitative estimate of drug-likeness (QED) is 0.0103. The Balaban J connectivity index is 0.000000156. The third-order valence-electron chi connectivity index (χ3n) is 21.5. The lowest BCUT2D eigenvalue weighted by Gasteiger charge is -2.34. The van der Waals surface area contributed by atoms with Crippen LogP contribution in [0.15, 0.2) is 195 Å². The van der Waals surface area contributed by atoms with Crippen molar-refractivity contribution < 1.29 is 81.8 Å². The number of aryl methyl sites for hydroxylation is 2. The molecule has 720 valence electrons. The number of carbonyl (C=O) groups excluding carboxylic acids is 2. The number of oxazole rings is 3. The molecule has 0 saturated carbocycles. The van der Waals surface area contributed by atoms with Gasteiger partial charge in [-0.25, -0.2) is 46.9 Å². The molecule has 3 saturated heterocycles. The number of rotatable bonds is 34. The molecule has 137 heavy (non-hydrogen) atoms. The Bertz CT molecular complexity index is 6530. The number of ether oxygens (including phenoxy) is 5. The summed E-state index contributed by atoms with van der Waals surface area (Å²) in [7, 11) is -4.25. The van der Waals surface area contributed by atoms with E-state index in [0.717, 1.165) is 92.5 Å². The van der Waals surface area contributed by atoms with Gasteiger partial charge >= 0.3 is 6.18 Å². The van der Waals surface area contributed by atoms with Gasteiger partial charge in [-0.05, 0) is 178 Å². The van der Waals surface area contributed by atoms with Crippen molar-refractivity contribution in [2.75, 3.05) is 183 Å². The molecule has 1 unspecified atom stereocenters. The number of morpholine rings is 1. The molecule has 2 amide bonds. The first-order valence-corrected chi connectivity index (χ1v) is 48.8. The minimum atomic E-state index is -4.54. The highest BCUT2D eigenvalue weighted by Gasteiger charge is 2.34. The van der Waals surface area contributed by atoms with Gasteiger partial charge in [-0.3, -0.25) is 19.2 Å². The first-order chi connectivity index (χ1) is 65.9. The Morgan fingerprint density at radius 3 is 1.80 bits per heavy atom. The van der Waals surface area contributed by atoms with Gasteiger partial charge in [-0.2, -0.15) is 23.7 Å². The number of carbonyl (C=O) groups is 2. The average molecular weight is 1940 g/mol. The highest BCUT2D eigenvalue weighted by Crippen LogP contribution is 2.38. The highest BCUT2D eigenvalue weighted by atomic mass is 32.2. The maximum Gasteiger partial charge on any atom is 0.416 e. The van der Waals surface area contributed by atoms with E-state index >= 15 is 0 Å². The number of hydrogen-bond acceptors (Lipinski definition) is 30. The summed E-state index contributed by atoms with van der Waals surface area (Å²) in [5.41, 5.74) is 10.0. The molecular weight excluding hydrogens is 1830 g/mol. The number of thiazole rings is 1. The van der Waals surface area contributed by atoms with Crippen LogP contribution in [0.3, 0.4) is 0 Å². The molecule has 13 aromatic rings. The fourth-order valence-electron chi connectivity index (χ4n) is 14.6. The second-order valence-corrected chi connectivity index (χ2v) is 37.3. The van der Waals surface area contributed by atoms with E-state index in [9.17, 15) is 39.8 Å². The zero-order valence-corrected chi connectivity index (χ0v) is 78.8. The molecule has 41 heteroatoms. The normalized spacial score (nSPS) is 14.1. The number of fused-ring (bicyclic) bond motifs is 1. The lowest BCUT2D eigenvalue weighted by molar-refractivity contribution is -0.138. The SMILES string of the molecule is C=S(C)(=O)Nc1cc(Nc2ncc(-c3ccc(C#N)cc3)o2)cc(OCCOCCOCCOC)c1.CS(=O)(=O)Nc1cccc(Nc2ncc(-c3cc4cc(F)ccc4[nH]3)o2)c1.Cc1ccc(NC(=O)c2csc([C@@H](NC(=O)c3cnc(N4CCN(CCO)CC4)nc3C)C(C)C)n2)cc1C(F)(F)F.N#Cc1ccc(-c2cnc(Nc3cc(N4CCCCC4)cc(N4CCOCC4)c3)o2)cc1. The third-order valence-corrected chi connectivity index (χ3v) is 23.7. The number of nitrogens with one attached hydrogen (secondary N) is 8. The number of piperidine rings is 1. The van der Waals surface area contributed by atoms with Crippen LogP contribution in [-0.4, -0.2) is 213 Å². The Hall–Kier alpha value is -14.0. The number of sulfonamides is 1. The summed E-state index contributed by atoms with van der Waals surface area (Å²) in [4.78, 5) is 64.5. The fraction of sp³-hybridized carbons (Fsp3) is 0.323. The van der Waals surface area contributed by atoms with E-state index in [-0.39, 0.29) is 53.2 Å². The Morgan fingerprint density at radius 1 is 0.613 bits per heavy atom. The number of piperazine rings is 1. The van der Waals surface area contributed by atoms with E-state index in [1.807, 2.05) is 30.9 Å². The lowest BCUT2D eigenvalue weighted by Crippen LogP contribution is -2.47. The van der Waals surface area contributed by atoms with Gasteiger partial charge in [0.1, 0.15) is 28.9 Å². The molecule has 9 heterocycles. The van der Waals surface area contributed by atoms with Gasteiger partial charge in [-0.15, -0.1) is 11.3 Å². The molecule has 16 rings (SSSR count). The molecule has 0 bridgehead atoms. The first kappa shape index (κ1) is 100. The van der Waals surface area contributed by atoms with Crippen molar-refractivity contribution in [3.05, 3.63) is 232 Å². The molecule has 3 aliphatic heterocycles. The van der Waals surface area contributed by atoms with Gasteiger partial charge in [0, 0.05) is 162 Å². The van der Waals surface area contributed by atoms with Crippen molar-refractivity contribution in [3.8, 4) is 52.0 Å². The van der Waals surface area contributed by atoms with Crippen molar-refractivity contribution >= 4 is 129 Å². The van der Waals surface area contributed by atoms with Gasteiger partial charge in [0.25, 0.3) is 29.9 Å². The van der Waals surface area contributed by atoms with Gasteiger partial charge in [-0.1, -0.05) is 26.0 Å². The number of alkyl halides is 3. The number of aliphatic hydroxyl groups is 1. The molecule has 2 atom stereocenters. The summed E-state index contributed by atoms with van der Waals surface area (Å²) in [6, 6.07) is 47.4. The summed E-state index contributed by atoms with van der Waals surface area (Å²) >= 11 is 1.18. The molecule has 0 spiro atoms. The number of methoxy groups -OCH3 is 1. The number of nitriles is 2. The Morgan fingerprint density at radius 2 is 1.20 bits per heavy atom. The van der Waals surface area contributed by atoms with Crippen LogP contribution in [0.2, 0.25) is 0 Å². The number of H-pyrrole nitrogens is 1. The van der Waals surface area contributed by atoms with Crippen LogP contribution in [0.1, 0.15) is 93.0 Å². The van der Waals surface area contributed by atoms with E-state index in [1.54, 1.807) is 124 Å². The van der Waals surface area contributed by atoms with Crippen molar-refractivity contribution in [2.45, 2.75) is 59.2 Å². The predicted octanol–water partition coefficient (Wildman–Crippen LogP) is 16.6. The number of anilines is 12. The number of hydrogen-bond donors (Lipinski definition) is 9. The number of aromatic nitrogens is 7. The second kappa shape index (κ2) is 47.5.